The largest absolute Gasteiger partial charge is 0.496 e. The normalized spacial score (nSPS) is 31.6. The molecule has 2 aliphatic rings. The average molecular weight is 273 g/mol. The molecule has 108 valence electrons. The highest BCUT2D eigenvalue weighted by Gasteiger charge is 2.49. The Labute approximate surface area is 120 Å². The van der Waals surface area contributed by atoms with E-state index in [1.165, 1.54) is 6.42 Å². The summed E-state index contributed by atoms with van der Waals surface area (Å²) in [5.41, 5.74) is 9.17. The van der Waals surface area contributed by atoms with Crippen LogP contribution in [-0.4, -0.2) is 18.9 Å². The van der Waals surface area contributed by atoms with Crippen molar-refractivity contribution in [3.05, 3.63) is 28.8 Å². The van der Waals surface area contributed by atoms with Crippen LogP contribution in [0.3, 0.4) is 0 Å². The summed E-state index contributed by atoms with van der Waals surface area (Å²) in [6.45, 7) is 4.01. The number of carbonyl (C=O) groups excluding carboxylic acids is 1. The lowest BCUT2D eigenvalue weighted by Crippen LogP contribution is -2.40. The Hall–Kier alpha value is -1.35. The topological polar surface area (TPSA) is 52.3 Å². The zero-order chi connectivity index (χ0) is 14.4. The van der Waals surface area contributed by atoms with Crippen LogP contribution in [0.4, 0.5) is 0 Å². The Morgan fingerprint density at radius 1 is 1.25 bits per heavy atom. The van der Waals surface area contributed by atoms with Crippen LogP contribution >= 0.6 is 0 Å². The van der Waals surface area contributed by atoms with Gasteiger partial charge in [-0.1, -0.05) is 6.07 Å². The van der Waals surface area contributed by atoms with E-state index in [9.17, 15) is 4.79 Å². The van der Waals surface area contributed by atoms with E-state index in [1.54, 1.807) is 7.11 Å². The molecule has 0 heterocycles. The fourth-order valence-electron chi connectivity index (χ4n) is 4.30. The predicted molar refractivity (Wildman–Crippen MR) is 79.1 cm³/mol. The minimum atomic E-state index is -0.0101. The Morgan fingerprint density at radius 3 is 2.55 bits per heavy atom. The molecular weight excluding hydrogens is 250 g/mol. The van der Waals surface area contributed by atoms with Crippen molar-refractivity contribution in [2.75, 3.05) is 7.11 Å². The van der Waals surface area contributed by atoms with Crippen molar-refractivity contribution in [2.24, 2.45) is 23.5 Å². The number of hydrogen-bond acceptors (Lipinski definition) is 3. The van der Waals surface area contributed by atoms with Gasteiger partial charge in [0.05, 0.1) is 12.7 Å². The summed E-state index contributed by atoms with van der Waals surface area (Å²) in [5, 5.41) is 0. The third kappa shape index (κ3) is 1.96. The van der Waals surface area contributed by atoms with Crippen molar-refractivity contribution in [3.8, 4) is 5.75 Å². The first-order chi connectivity index (χ1) is 9.52. The Balaban J connectivity index is 1.99. The molecule has 0 saturated heterocycles. The van der Waals surface area contributed by atoms with E-state index in [0.29, 0.717) is 17.6 Å². The molecule has 0 spiro atoms. The molecule has 3 rings (SSSR count). The molecule has 2 N–H and O–H groups in total. The van der Waals surface area contributed by atoms with Gasteiger partial charge in [-0.3, -0.25) is 4.79 Å². The number of ether oxygens (including phenoxy) is 1. The molecule has 2 bridgehead atoms. The number of Topliss-reactive ketones (excluding diaryl/α,β-unsaturated/α-hetero) is 1. The second kappa shape index (κ2) is 4.88. The maximum Gasteiger partial charge on any atom is 0.171 e. The van der Waals surface area contributed by atoms with Gasteiger partial charge in [-0.25, -0.2) is 0 Å². The minimum absolute atomic E-state index is 0.0101. The van der Waals surface area contributed by atoms with Crippen LogP contribution in [0.15, 0.2) is 12.1 Å². The summed E-state index contributed by atoms with van der Waals surface area (Å²) in [6.07, 6.45) is 3.48. The van der Waals surface area contributed by atoms with Crippen LogP contribution in [0.1, 0.15) is 40.7 Å². The van der Waals surface area contributed by atoms with Gasteiger partial charge in [0.15, 0.2) is 5.78 Å². The molecule has 2 saturated carbocycles. The number of fused-ring (bicyclic) bond motifs is 2. The van der Waals surface area contributed by atoms with Crippen LogP contribution in [0.5, 0.6) is 5.75 Å². The van der Waals surface area contributed by atoms with Gasteiger partial charge in [0.25, 0.3) is 0 Å². The lowest BCUT2D eigenvalue weighted by molar-refractivity contribution is 0.0852. The summed E-state index contributed by atoms with van der Waals surface area (Å²) in [6, 6.07) is 4.03. The maximum absolute atomic E-state index is 13.0. The Bertz CT molecular complexity index is 550. The number of methoxy groups -OCH3 is 1. The van der Waals surface area contributed by atoms with Crippen molar-refractivity contribution in [2.45, 2.75) is 39.2 Å². The molecule has 3 nitrogen and oxygen atoms in total. The SMILES string of the molecule is COc1cc(C)cc(C)c1C(=O)C1C2CCC(C2)C1N. The van der Waals surface area contributed by atoms with Crippen LogP contribution in [0, 0.1) is 31.6 Å². The minimum Gasteiger partial charge on any atom is -0.496 e. The van der Waals surface area contributed by atoms with Crippen molar-refractivity contribution in [3.63, 3.8) is 0 Å². The predicted octanol–water partition coefficient (Wildman–Crippen LogP) is 2.87. The Kier molecular flexibility index (Phi) is 3.33. The second-order valence-corrected chi connectivity index (χ2v) is 6.46. The Morgan fingerprint density at radius 2 is 1.95 bits per heavy atom. The quantitative estimate of drug-likeness (QED) is 0.862. The van der Waals surface area contributed by atoms with Gasteiger partial charge in [-0.05, 0) is 62.1 Å². The van der Waals surface area contributed by atoms with Gasteiger partial charge in [-0.2, -0.15) is 0 Å². The molecule has 2 aliphatic carbocycles. The molecule has 0 aromatic heterocycles. The molecule has 20 heavy (non-hydrogen) atoms. The monoisotopic (exact) mass is 273 g/mol. The van der Waals surface area contributed by atoms with Crippen molar-refractivity contribution >= 4 is 5.78 Å². The lowest BCUT2D eigenvalue weighted by Gasteiger charge is -2.28. The highest BCUT2D eigenvalue weighted by Crippen LogP contribution is 2.49. The fraction of sp³-hybridized carbons (Fsp3) is 0.588. The molecule has 0 aliphatic heterocycles. The zero-order valence-corrected chi connectivity index (χ0v) is 12.5. The zero-order valence-electron chi connectivity index (χ0n) is 12.5. The van der Waals surface area contributed by atoms with E-state index in [0.717, 1.165) is 29.5 Å². The molecule has 3 heteroatoms. The number of hydrogen-bond donors (Lipinski definition) is 1. The smallest absolute Gasteiger partial charge is 0.171 e. The van der Waals surface area contributed by atoms with Crippen molar-refractivity contribution in [1.29, 1.82) is 0 Å². The fourth-order valence-corrected chi connectivity index (χ4v) is 4.30. The second-order valence-electron chi connectivity index (χ2n) is 6.46. The van der Waals surface area contributed by atoms with E-state index in [2.05, 4.69) is 6.07 Å². The third-order valence-corrected chi connectivity index (χ3v) is 5.19. The first kappa shape index (κ1) is 13.6. The molecule has 1 aromatic rings. The molecule has 1 aromatic carbocycles. The van der Waals surface area contributed by atoms with Gasteiger partial charge in [0.2, 0.25) is 0 Å². The highest BCUT2D eigenvalue weighted by molar-refractivity contribution is 6.02. The van der Waals surface area contributed by atoms with E-state index >= 15 is 0 Å². The summed E-state index contributed by atoms with van der Waals surface area (Å²) >= 11 is 0. The van der Waals surface area contributed by atoms with Crippen molar-refractivity contribution < 1.29 is 9.53 Å². The standard InChI is InChI=1S/C17H23NO2/c1-9-6-10(2)14(13(7-9)20-3)17(19)15-11-4-5-12(8-11)16(15)18/h6-7,11-12,15-16H,4-5,8,18H2,1-3H3. The molecule has 0 amide bonds. The van der Waals surface area contributed by atoms with E-state index in [-0.39, 0.29) is 17.7 Å². The summed E-state index contributed by atoms with van der Waals surface area (Å²) < 4.78 is 5.44. The van der Waals surface area contributed by atoms with Gasteiger partial charge < -0.3 is 10.5 Å². The third-order valence-electron chi connectivity index (χ3n) is 5.19. The average Bonchev–Trinajstić information content (AvgIpc) is 2.97. The van der Waals surface area contributed by atoms with Crippen LogP contribution in [0.25, 0.3) is 0 Å². The lowest BCUT2D eigenvalue weighted by atomic mass is 9.79. The van der Waals surface area contributed by atoms with Gasteiger partial charge in [0, 0.05) is 12.0 Å². The van der Waals surface area contributed by atoms with E-state index in [1.807, 2.05) is 19.9 Å². The molecule has 4 unspecified atom stereocenters. The number of benzene rings is 1. The highest BCUT2D eigenvalue weighted by atomic mass is 16.5. The van der Waals surface area contributed by atoms with Gasteiger partial charge in [0.1, 0.15) is 5.75 Å². The number of nitrogens with two attached hydrogens (primary N) is 1. The van der Waals surface area contributed by atoms with Crippen LogP contribution in [-0.2, 0) is 0 Å². The molecule has 2 fully saturated rings. The number of rotatable bonds is 3. The van der Waals surface area contributed by atoms with Gasteiger partial charge >= 0.3 is 0 Å². The van der Waals surface area contributed by atoms with Crippen LogP contribution in [0.2, 0.25) is 0 Å². The van der Waals surface area contributed by atoms with E-state index in [4.69, 9.17) is 10.5 Å². The first-order valence-corrected chi connectivity index (χ1v) is 7.48. The van der Waals surface area contributed by atoms with Crippen molar-refractivity contribution in [1.82, 2.24) is 0 Å². The maximum atomic E-state index is 13.0. The number of ketones is 1. The van der Waals surface area contributed by atoms with Gasteiger partial charge in [-0.15, -0.1) is 0 Å². The number of carbonyl (C=O) groups is 1. The summed E-state index contributed by atoms with van der Waals surface area (Å²) in [7, 11) is 1.63. The van der Waals surface area contributed by atoms with E-state index < -0.39 is 0 Å². The first-order valence-electron chi connectivity index (χ1n) is 7.48. The van der Waals surface area contributed by atoms with Crippen LogP contribution < -0.4 is 10.5 Å². The molecular formula is C17H23NO2. The molecule has 4 atom stereocenters. The number of aryl methyl sites for hydroxylation is 2. The summed E-state index contributed by atoms with van der Waals surface area (Å²) in [4.78, 5) is 13.0. The molecule has 0 radical (unpaired) electrons. The summed E-state index contributed by atoms with van der Waals surface area (Å²) in [5.74, 6) is 1.91.